The summed E-state index contributed by atoms with van der Waals surface area (Å²) >= 11 is 0. The molecule has 0 saturated carbocycles. The maximum atomic E-state index is 12.0. The van der Waals surface area contributed by atoms with Crippen molar-refractivity contribution in [1.29, 1.82) is 0 Å². The zero-order chi connectivity index (χ0) is 14.4. The number of nitrogens with one attached hydrogen (secondary N) is 1. The fraction of sp³-hybridized carbons (Fsp3) is 0.562. The van der Waals surface area contributed by atoms with Gasteiger partial charge in [0.1, 0.15) is 0 Å². The highest BCUT2D eigenvalue weighted by Gasteiger charge is 2.14. The number of nitrogen functional groups attached to an aromatic ring is 1. The minimum atomic E-state index is -0.0391. The van der Waals surface area contributed by atoms with Crippen LogP contribution in [0.25, 0.3) is 0 Å². The van der Waals surface area contributed by atoms with Crippen LogP contribution in [-0.2, 0) is 0 Å². The molecule has 1 saturated heterocycles. The maximum absolute atomic E-state index is 12.0. The lowest BCUT2D eigenvalue weighted by atomic mass is 10.1. The third-order valence-electron chi connectivity index (χ3n) is 3.78. The first-order valence-corrected chi connectivity index (χ1v) is 7.51. The Morgan fingerprint density at radius 3 is 2.80 bits per heavy atom. The van der Waals surface area contributed by atoms with Crippen molar-refractivity contribution in [3.8, 4) is 0 Å². The predicted octanol–water partition coefficient (Wildman–Crippen LogP) is 2.12. The number of nitrogens with zero attached hydrogens (tertiary/aromatic N) is 1. The lowest BCUT2D eigenvalue weighted by Crippen LogP contribution is -2.38. The molecule has 1 aliphatic rings. The highest BCUT2D eigenvalue weighted by Crippen LogP contribution is 2.11. The summed E-state index contributed by atoms with van der Waals surface area (Å²) in [6.07, 6.45) is 3.97. The fourth-order valence-corrected chi connectivity index (χ4v) is 2.70. The number of hydrogen-bond donors (Lipinski definition) is 2. The number of piperidine rings is 1. The number of nitrogens with two attached hydrogens (primary N) is 1. The number of rotatable bonds is 5. The van der Waals surface area contributed by atoms with Crippen LogP contribution in [0.4, 0.5) is 5.69 Å². The molecule has 1 amide bonds. The molecule has 0 aliphatic carbocycles. The van der Waals surface area contributed by atoms with Gasteiger partial charge in [-0.25, -0.2) is 0 Å². The molecule has 0 radical (unpaired) electrons. The summed E-state index contributed by atoms with van der Waals surface area (Å²) in [6.45, 7) is 6.37. The Kier molecular flexibility index (Phi) is 5.41. The zero-order valence-corrected chi connectivity index (χ0v) is 12.3. The molecule has 1 aliphatic heterocycles. The van der Waals surface area contributed by atoms with E-state index < -0.39 is 0 Å². The third-order valence-corrected chi connectivity index (χ3v) is 3.78. The molecule has 1 aromatic carbocycles. The van der Waals surface area contributed by atoms with E-state index in [0.29, 0.717) is 23.7 Å². The predicted molar refractivity (Wildman–Crippen MR) is 82.6 cm³/mol. The lowest BCUT2D eigenvalue weighted by Gasteiger charge is -2.29. The van der Waals surface area contributed by atoms with Crippen LogP contribution in [0, 0.1) is 5.92 Å². The second-order valence-electron chi connectivity index (χ2n) is 5.80. The van der Waals surface area contributed by atoms with Crippen molar-refractivity contribution in [2.75, 3.05) is 31.9 Å². The summed E-state index contributed by atoms with van der Waals surface area (Å²) in [7, 11) is 0. The van der Waals surface area contributed by atoms with E-state index >= 15 is 0 Å². The average Bonchev–Trinajstić information content (AvgIpc) is 2.46. The Hall–Kier alpha value is -1.55. The van der Waals surface area contributed by atoms with E-state index in [1.165, 1.54) is 32.4 Å². The first-order valence-electron chi connectivity index (χ1n) is 7.51. The molecule has 3 N–H and O–H groups in total. The van der Waals surface area contributed by atoms with Gasteiger partial charge in [-0.2, -0.15) is 0 Å². The normalized spacial score (nSPS) is 17.6. The van der Waals surface area contributed by atoms with Crippen LogP contribution in [0.2, 0.25) is 0 Å². The van der Waals surface area contributed by atoms with Gasteiger partial charge in [0.15, 0.2) is 0 Å². The number of amides is 1. The molecule has 0 spiro atoms. The van der Waals surface area contributed by atoms with Crippen molar-refractivity contribution in [1.82, 2.24) is 10.2 Å². The number of benzene rings is 1. The number of carbonyl (C=O) groups excluding carboxylic acids is 1. The second kappa shape index (κ2) is 7.29. The van der Waals surface area contributed by atoms with Gasteiger partial charge in [0.2, 0.25) is 0 Å². The van der Waals surface area contributed by atoms with Crippen LogP contribution in [0.3, 0.4) is 0 Å². The van der Waals surface area contributed by atoms with E-state index in [0.717, 1.165) is 6.54 Å². The molecule has 1 atom stereocenters. The van der Waals surface area contributed by atoms with Crippen LogP contribution in [0.5, 0.6) is 0 Å². The van der Waals surface area contributed by atoms with E-state index in [4.69, 9.17) is 5.73 Å². The molecule has 0 aromatic heterocycles. The first kappa shape index (κ1) is 14.9. The molecule has 2 rings (SSSR count). The van der Waals surface area contributed by atoms with Crippen molar-refractivity contribution in [2.24, 2.45) is 5.92 Å². The molecular weight excluding hydrogens is 250 g/mol. The topological polar surface area (TPSA) is 58.4 Å². The third kappa shape index (κ3) is 4.53. The molecule has 1 heterocycles. The van der Waals surface area contributed by atoms with Gasteiger partial charge in [-0.15, -0.1) is 0 Å². The molecule has 1 fully saturated rings. The summed E-state index contributed by atoms with van der Waals surface area (Å²) in [5.74, 6) is 0.431. The van der Waals surface area contributed by atoms with E-state index in [1.54, 1.807) is 24.3 Å². The largest absolute Gasteiger partial charge is 0.399 e. The summed E-state index contributed by atoms with van der Waals surface area (Å²) in [4.78, 5) is 14.5. The molecule has 1 aromatic rings. The molecule has 110 valence electrons. The van der Waals surface area contributed by atoms with Crippen LogP contribution >= 0.6 is 0 Å². The van der Waals surface area contributed by atoms with Crippen LogP contribution in [0.15, 0.2) is 24.3 Å². The van der Waals surface area contributed by atoms with Crippen molar-refractivity contribution in [3.05, 3.63) is 29.8 Å². The summed E-state index contributed by atoms with van der Waals surface area (Å²) in [5.41, 5.74) is 6.95. The van der Waals surface area contributed by atoms with Gasteiger partial charge in [0.25, 0.3) is 5.91 Å². The molecular formula is C16H25N3O. The van der Waals surface area contributed by atoms with E-state index in [9.17, 15) is 4.79 Å². The Balaban J connectivity index is 1.75. The van der Waals surface area contributed by atoms with E-state index in [-0.39, 0.29) is 5.91 Å². The number of carbonyl (C=O) groups is 1. The fourth-order valence-electron chi connectivity index (χ4n) is 2.70. The standard InChI is InChI=1S/C16H25N3O/c1-13(12-19-8-3-2-4-9-19)11-18-16(20)14-6-5-7-15(17)10-14/h5-7,10,13H,2-4,8-9,11-12,17H2,1H3,(H,18,20). The smallest absolute Gasteiger partial charge is 0.251 e. The Morgan fingerprint density at radius 1 is 1.35 bits per heavy atom. The Labute approximate surface area is 121 Å². The van der Waals surface area contributed by atoms with Gasteiger partial charge in [-0.3, -0.25) is 4.79 Å². The molecule has 4 nitrogen and oxygen atoms in total. The van der Waals surface area contributed by atoms with E-state index in [1.807, 2.05) is 0 Å². The number of anilines is 1. The quantitative estimate of drug-likeness (QED) is 0.809. The number of hydrogen-bond acceptors (Lipinski definition) is 3. The highest BCUT2D eigenvalue weighted by atomic mass is 16.1. The van der Waals surface area contributed by atoms with Gasteiger partial charge in [0.05, 0.1) is 0 Å². The van der Waals surface area contributed by atoms with Crippen molar-refractivity contribution in [2.45, 2.75) is 26.2 Å². The second-order valence-corrected chi connectivity index (χ2v) is 5.80. The van der Waals surface area contributed by atoms with E-state index in [2.05, 4.69) is 17.1 Å². The van der Waals surface area contributed by atoms with Crippen LogP contribution < -0.4 is 11.1 Å². The average molecular weight is 275 g/mol. The number of likely N-dealkylation sites (tertiary alicyclic amines) is 1. The van der Waals surface area contributed by atoms with Gasteiger partial charge in [-0.05, 0) is 50.0 Å². The summed E-state index contributed by atoms with van der Waals surface area (Å²) in [6, 6.07) is 7.10. The molecule has 0 bridgehead atoms. The molecule has 1 unspecified atom stereocenters. The molecule has 20 heavy (non-hydrogen) atoms. The van der Waals surface area contributed by atoms with Gasteiger partial charge < -0.3 is 16.0 Å². The minimum Gasteiger partial charge on any atom is -0.399 e. The summed E-state index contributed by atoms with van der Waals surface area (Å²) in [5, 5.41) is 2.99. The van der Waals surface area contributed by atoms with Gasteiger partial charge in [0, 0.05) is 24.3 Å². The Morgan fingerprint density at radius 2 is 2.10 bits per heavy atom. The SMILES string of the molecule is CC(CNC(=O)c1cccc(N)c1)CN1CCCCC1. The van der Waals surface area contributed by atoms with Crippen molar-refractivity contribution in [3.63, 3.8) is 0 Å². The lowest BCUT2D eigenvalue weighted by molar-refractivity contribution is 0.0942. The van der Waals surface area contributed by atoms with Gasteiger partial charge >= 0.3 is 0 Å². The van der Waals surface area contributed by atoms with Crippen LogP contribution in [0.1, 0.15) is 36.5 Å². The van der Waals surface area contributed by atoms with Crippen LogP contribution in [-0.4, -0.2) is 37.0 Å². The van der Waals surface area contributed by atoms with Crippen molar-refractivity contribution < 1.29 is 4.79 Å². The highest BCUT2D eigenvalue weighted by molar-refractivity contribution is 5.94. The summed E-state index contributed by atoms with van der Waals surface area (Å²) < 4.78 is 0. The zero-order valence-electron chi connectivity index (χ0n) is 12.3. The monoisotopic (exact) mass is 275 g/mol. The first-order chi connectivity index (χ1) is 9.65. The van der Waals surface area contributed by atoms with Gasteiger partial charge in [-0.1, -0.05) is 19.4 Å². The maximum Gasteiger partial charge on any atom is 0.251 e. The molecule has 4 heteroatoms. The Bertz CT molecular complexity index is 441. The van der Waals surface area contributed by atoms with Crippen molar-refractivity contribution >= 4 is 11.6 Å². The minimum absolute atomic E-state index is 0.0391.